The molecule has 0 spiro atoms. The standard InChI is InChI=1S/C7H10F2N4O/c1-5(14)6-10-11-12-13(6)4-3-7(2,8)9/h3-4H2,1-2H3. The maximum Gasteiger partial charge on any atom is 0.247 e. The highest BCUT2D eigenvalue weighted by molar-refractivity contribution is 5.90. The Morgan fingerprint density at radius 3 is 2.71 bits per heavy atom. The van der Waals surface area contributed by atoms with Crippen molar-refractivity contribution in [3.05, 3.63) is 5.82 Å². The van der Waals surface area contributed by atoms with E-state index in [1.165, 1.54) is 6.92 Å². The number of alkyl halides is 2. The van der Waals surface area contributed by atoms with E-state index in [9.17, 15) is 13.6 Å². The number of hydrogen-bond acceptors (Lipinski definition) is 4. The Morgan fingerprint density at radius 1 is 1.57 bits per heavy atom. The molecule has 5 nitrogen and oxygen atoms in total. The molecule has 1 aromatic rings. The summed E-state index contributed by atoms with van der Waals surface area (Å²) >= 11 is 0. The Bertz CT molecular complexity index is 331. The molecule has 7 heteroatoms. The molecule has 78 valence electrons. The summed E-state index contributed by atoms with van der Waals surface area (Å²) in [5.41, 5.74) is 0. The maximum atomic E-state index is 12.5. The van der Waals surface area contributed by atoms with Crippen LogP contribution in [0.25, 0.3) is 0 Å². The van der Waals surface area contributed by atoms with Gasteiger partial charge in [0.1, 0.15) is 0 Å². The molecule has 0 saturated heterocycles. The van der Waals surface area contributed by atoms with Gasteiger partial charge in [-0.2, -0.15) is 0 Å². The molecule has 0 aliphatic carbocycles. The quantitative estimate of drug-likeness (QED) is 0.684. The Balaban J connectivity index is 2.68. The second kappa shape index (κ2) is 3.77. The van der Waals surface area contributed by atoms with Gasteiger partial charge in [-0.25, -0.2) is 13.5 Å². The average Bonchev–Trinajstić information content (AvgIpc) is 2.46. The fourth-order valence-corrected chi connectivity index (χ4v) is 0.910. The molecule has 1 rings (SSSR count). The largest absolute Gasteiger partial charge is 0.291 e. The Kier molecular flexibility index (Phi) is 2.87. The number of carbonyl (C=O) groups excluding carboxylic acids is 1. The summed E-state index contributed by atoms with van der Waals surface area (Å²) in [6.07, 6.45) is -0.391. The molecular weight excluding hydrogens is 194 g/mol. The lowest BCUT2D eigenvalue weighted by Crippen LogP contribution is -2.17. The lowest BCUT2D eigenvalue weighted by Gasteiger charge is -2.09. The molecule has 0 aromatic carbocycles. The maximum absolute atomic E-state index is 12.5. The van der Waals surface area contributed by atoms with Crippen molar-refractivity contribution in [2.75, 3.05) is 0 Å². The Hall–Kier alpha value is -1.40. The highest BCUT2D eigenvalue weighted by Crippen LogP contribution is 2.17. The molecule has 14 heavy (non-hydrogen) atoms. The van der Waals surface area contributed by atoms with Crippen molar-refractivity contribution in [1.82, 2.24) is 20.2 Å². The minimum atomic E-state index is -2.78. The van der Waals surface area contributed by atoms with Crippen LogP contribution in [-0.2, 0) is 6.54 Å². The van der Waals surface area contributed by atoms with E-state index in [1.807, 2.05) is 0 Å². The van der Waals surface area contributed by atoms with Crippen LogP contribution in [0.15, 0.2) is 0 Å². The van der Waals surface area contributed by atoms with Gasteiger partial charge in [0.05, 0.1) is 6.54 Å². The van der Waals surface area contributed by atoms with E-state index in [1.54, 1.807) is 0 Å². The first-order valence-electron chi connectivity index (χ1n) is 4.05. The van der Waals surface area contributed by atoms with Crippen molar-refractivity contribution in [2.45, 2.75) is 32.7 Å². The number of carbonyl (C=O) groups is 1. The van der Waals surface area contributed by atoms with Crippen LogP contribution in [-0.4, -0.2) is 31.9 Å². The second-order valence-electron chi connectivity index (χ2n) is 3.10. The van der Waals surface area contributed by atoms with Crippen LogP contribution in [0.3, 0.4) is 0 Å². The molecule has 1 heterocycles. The van der Waals surface area contributed by atoms with E-state index in [-0.39, 0.29) is 18.2 Å². The summed E-state index contributed by atoms with van der Waals surface area (Å²) < 4.78 is 26.0. The smallest absolute Gasteiger partial charge is 0.247 e. The van der Waals surface area contributed by atoms with Gasteiger partial charge in [0.2, 0.25) is 11.7 Å². The minimum absolute atomic E-state index is 0.00856. The van der Waals surface area contributed by atoms with Crippen molar-refractivity contribution in [3.8, 4) is 0 Å². The summed E-state index contributed by atoms with van der Waals surface area (Å²) in [6, 6.07) is 0. The second-order valence-corrected chi connectivity index (χ2v) is 3.10. The monoisotopic (exact) mass is 204 g/mol. The summed E-state index contributed by atoms with van der Waals surface area (Å²) in [5.74, 6) is -3.11. The molecule has 0 aliphatic rings. The first-order chi connectivity index (χ1) is 6.40. The van der Waals surface area contributed by atoms with Gasteiger partial charge in [0, 0.05) is 13.3 Å². The van der Waals surface area contributed by atoms with Gasteiger partial charge in [-0.1, -0.05) is 0 Å². The predicted molar refractivity (Wildman–Crippen MR) is 43.1 cm³/mol. The van der Waals surface area contributed by atoms with Gasteiger partial charge in [0.15, 0.2) is 5.78 Å². The SMILES string of the molecule is CC(=O)c1nnnn1CCC(C)(F)F. The molecule has 0 atom stereocenters. The fraction of sp³-hybridized carbons (Fsp3) is 0.714. The predicted octanol–water partition coefficient (Wildman–Crippen LogP) is 0.921. The van der Waals surface area contributed by atoms with E-state index >= 15 is 0 Å². The van der Waals surface area contributed by atoms with Gasteiger partial charge in [-0.05, 0) is 17.4 Å². The van der Waals surface area contributed by atoms with Crippen molar-refractivity contribution in [1.29, 1.82) is 0 Å². The van der Waals surface area contributed by atoms with Crippen LogP contribution >= 0.6 is 0 Å². The third-order valence-corrected chi connectivity index (χ3v) is 1.61. The lowest BCUT2D eigenvalue weighted by atomic mass is 10.3. The van der Waals surface area contributed by atoms with Gasteiger partial charge in [-0.15, -0.1) is 5.10 Å². The number of aryl methyl sites for hydroxylation is 1. The summed E-state index contributed by atoms with van der Waals surface area (Å²) in [7, 11) is 0. The van der Waals surface area contributed by atoms with Gasteiger partial charge >= 0.3 is 0 Å². The number of rotatable bonds is 4. The van der Waals surface area contributed by atoms with Gasteiger partial charge in [-0.3, -0.25) is 4.79 Å². The van der Waals surface area contributed by atoms with E-state index in [0.717, 1.165) is 11.6 Å². The molecule has 0 N–H and O–H groups in total. The summed E-state index contributed by atoms with van der Waals surface area (Å²) in [4.78, 5) is 10.9. The molecule has 0 aliphatic heterocycles. The normalized spacial score (nSPS) is 11.7. The molecule has 0 fully saturated rings. The van der Waals surface area contributed by atoms with E-state index in [0.29, 0.717) is 0 Å². The van der Waals surface area contributed by atoms with Crippen LogP contribution in [0, 0.1) is 0 Å². The van der Waals surface area contributed by atoms with E-state index in [4.69, 9.17) is 0 Å². The molecule has 1 aromatic heterocycles. The van der Waals surface area contributed by atoms with Crippen molar-refractivity contribution >= 4 is 5.78 Å². The number of aromatic nitrogens is 4. The van der Waals surface area contributed by atoms with E-state index < -0.39 is 12.3 Å². The van der Waals surface area contributed by atoms with Crippen molar-refractivity contribution in [2.24, 2.45) is 0 Å². The number of hydrogen-bond donors (Lipinski definition) is 0. The molecule has 0 unspecified atom stereocenters. The molecule has 0 saturated carbocycles. The summed E-state index contributed by atoms with van der Waals surface area (Å²) in [6.45, 7) is 2.03. The Labute approximate surface area is 79.1 Å². The highest BCUT2D eigenvalue weighted by Gasteiger charge is 2.22. The number of halogens is 2. The van der Waals surface area contributed by atoms with Crippen LogP contribution < -0.4 is 0 Å². The zero-order chi connectivity index (χ0) is 10.8. The van der Waals surface area contributed by atoms with Crippen LogP contribution in [0.1, 0.15) is 30.9 Å². The third kappa shape index (κ3) is 2.82. The number of ketones is 1. The average molecular weight is 204 g/mol. The number of nitrogens with zero attached hydrogens (tertiary/aromatic N) is 4. The highest BCUT2D eigenvalue weighted by atomic mass is 19.3. The first kappa shape index (κ1) is 10.7. The molecule has 0 bridgehead atoms. The Morgan fingerprint density at radius 2 is 2.21 bits per heavy atom. The molecule has 0 amide bonds. The number of tetrazole rings is 1. The van der Waals surface area contributed by atoms with Gasteiger partial charge in [0.25, 0.3) is 0 Å². The fourth-order valence-electron chi connectivity index (χ4n) is 0.910. The first-order valence-corrected chi connectivity index (χ1v) is 4.05. The van der Waals surface area contributed by atoms with Gasteiger partial charge < -0.3 is 0 Å². The van der Waals surface area contributed by atoms with Crippen LogP contribution in [0.5, 0.6) is 0 Å². The number of Topliss-reactive ketones (excluding diaryl/α,β-unsaturated/α-hetero) is 1. The molecular formula is C7H10F2N4O. The minimum Gasteiger partial charge on any atom is -0.291 e. The molecule has 0 radical (unpaired) electrons. The zero-order valence-corrected chi connectivity index (χ0v) is 7.87. The van der Waals surface area contributed by atoms with Crippen LogP contribution in [0.4, 0.5) is 8.78 Å². The van der Waals surface area contributed by atoms with E-state index in [2.05, 4.69) is 15.5 Å². The zero-order valence-electron chi connectivity index (χ0n) is 7.87. The lowest BCUT2D eigenvalue weighted by molar-refractivity contribution is 0.00742. The summed E-state index contributed by atoms with van der Waals surface area (Å²) in [5, 5.41) is 10.1. The van der Waals surface area contributed by atoms with Crippen molar-refractivity contribution < 1.29 is 13.6 Å². The van der Waals surface area contributed by atoms with Crippen LogP contribution in [0.2, 0.25) is 0 Å². The van der Waals surface area contributed by atoms with Crippen molar-refractivity contribution in [3.63, 3.8) is 0 Å². The third-order valence-electron chi connectivity index (χ3n) is 1.61. The topological polar surface area (TPSA) is 60.7 Å².